The third-order valence-corrected chi connectivity index (χ3v) is 7.10. The highest BCUT2D eigenvalue weighted by Gasteiger charge is 2.32. The Balaban J connectivity index is 1.17. The van der Waals surface area contributed by atoms with E-state index in [-0.39, 0.29) is 29.2 Å². The van der Waals surface area contributed by atoms with Crippen molar-refractivity contribution >= 4 is 34.6 Å². The van der Waals surface area contributed by atoms with E-state index >= 15 is 0 Å². The first-order chi connectivity index (χ1) is 21.1. The van der Waals surface area contributed by atoms with Crippen LogP contribution in [0.1, 0.15) is 16.7 Å². The van der Waals surface area contributed by atoms with E-state index in [0.717, 1.165) is 28.5 Å². The first kappa shape index (κ1) is 30.7. The first-order valence-corrected chi connectivity index (χ1v) is 14.0. The highest BCUT2D eigenvalue weighted by Crippen LogP contribution is 2.31. The molecular formula is C29H25F3N6O5S. The van der Waals surface area contributed by atoms with Crippen LogP contribution >= 0.6 is 11.8 Å². The van der Waals surface area contributed by atoms with Crippen molar-refractivity contribution in [3.05, 3.63) is 89.7 Å². The number of rotatable bonds is 9. The molecule has 44 heavy (non-hydrogen) atoms. The average Bonchev–Trinajstić information content (AvgIpc) is 3.61. The van der Waals surface area contributed by atoms with E-state index in [9.17, 15) is 22.8 Å². The Kier molecular flexibility index (Phi) is 9.27. The van der Waals surface area contributed by atoms with Gasteiger partial charge in [0.2, 0.25) is 5.91 Å². The maximum Gasteiger partial charge on any atom is 0.573 e. The molecule has 0 atom stereocenters. The molecule has 0 spiro atoms. The summed E-state index contributed by atoms with van der Waals surface area (Å²) in [7, 11) is 1.56. The van der Waals surface area contributed by atoms with Gasteiger partial charge in [0.25, 0.3) is 0 Å². The van der Waals surface area contributed by atoms with Gasteiger partial charge < -0.3 is 9.47 Å². The lowest BCUT2D eigenvalue weighted by atomic mass is 10.1. The quantitative estimate of drug-likeness (QED) is 0.240. The van der Waals surface area contributed by atoms with E-state index in [1.54, 1.807) is 31.4 Å². The van der Waals surface area contributed by atoms with Gasteiger partial charge in [0.15, 0.2) is 11.0 Å². The number of alkyl halides is 3. The second-order valence-electron chi connectivity index (χ2n) is 9.42. The fourth-order valence-corrected chi connectivity index (χ4v) is 5.06. The van der Waals surface area contributed by atoms with Crippen molar-refractivity contribution in [2.75, 3.05) is 17.8 Å². The smallest absolute Gasteiger partial charge is 0.406 e. The highest BCUT2D eigenvalue weighted by atomic mass is 32.2. The third-order valence-electron chi connectivity index (χ3n) is 6.18. The monoisotopic (exact) mass is 626 g/mol. The molecule has 4 aromatic rings. The van der Waals surface area contributed by atoms with Crippen LogP contribution in [0.15, 0.2) is 78.0 Å². The van der Waals surface area contributed by atoms with Crippen LogP contribution in [0, 0.1) is 6.92 Å². The minimum atomic E-state index is -4.77. The number of thioether (sulfide) groups is 1. The summed E-state index contributed by atoms with van der Waals surface area (Å²) in [4.78, 5) is 40.2. The zero-order chi connectivity index (χ0) is 31.3. The second kappa shape index (κ2) is 13.3. The van der Waals surface area contributed by atoms with Crippen molar-refractivity contribution in [1.82, 2.24) is 20.2 Å². The maximum absolute atomic E-state index is 12.7. The molecule has 1 saturated heterocycles. The number of hydrogen-bond acceptors (Lipinski definition) is 8. The lowest BCUT2D eigenvalue weighted by molar-refractivity contribution is -0.274. The summed E-state index contributed by atoms with van der Waals surface area (Å²) < 4.78 is 47.7. The molecule has 0 bridgehead atoms. The molecule has 0 aliphatic carbocycles. The van der Waals surface area contributed by atoms with Gasteiger partial charge in [0, 0.05) is 18.2 Å². The number of amides is 3. The van der Waals surface area contributed by atoms with Crippen LogP contribution in [-0.2, 0) is 27.6 Å². The predicted molar refractivity (Wildman–Crippen MR) is 156 cm³/mol. The number of halogens is 3. The molecule has 15 heteroatoms. The highest BCUT2D eigenvalue weighted by molar-refractivity contribution is 8.15. The minimum absolute atomic E-state index is 0.0384. The summed E-state index contributed by atoms with van der Waals surface area (Å²) in [6.45, 7) is 2.24. The van der Waals surface area contributed by atoms with Gasteiger partial charge in [-0.25, -0.2) is 19.9 Å². The van der Waals surface area contributed by atoms with Crippen LogP contribution in [-0.4, -0.2) is 51.1 Å². The van der Waals surface area contributed by atoms with E-state index in [1.165, 1.54) is 40.2 Å². The van der Waals surface area contributed by atoms with Crippen molar-refractivity contribution < 1.29 is 37.1 Å². The molecule has 0 radical (unpaired) electrons. The molecule has 1 fully saturated rings. The Bertz CT molecular complexity index is 1680. The van der Waals surface area contributed by atoms with Gasteiger partial charge in [-0.2, -0.15) is 4.99 Å². The number of aromatic nitrogens is 3. The number of anilines is 1. The molecular weight excluding hydrogens is 601 g/mol. The molecule has 3 amide bonds. The molecule has 2 heterocycles. The topological polar surface area (TPSA) is 120 Å². The van der Waals surface area contributed by atoms with E-state index < -0.39 is 12.4 Å². The number of carbonyl (C=O) groups excluding carboxylic acids is 2. The van der Waals surface area contributed by atoms with Gasteiger partial charge >= 0.3 is 12.4 Å². The average molecular weight is 627 g/mol. The summed E-state index contributed by atoms with van der Waals surface area (Å²) in [6.07, 6.45) is -3.33. The van der Waals surface area contributed by atoms with Crippen molar-refractivity contribution in [3.8, 4) is 22.8 Å². The molecule has 0 unspecified atom stereocenters. The zero-order valence-corrected chi connectivity index (χ0v) is 24.2. The predicted octanol–water partition coefficient (Wildman–Crippen LogP) is 5.56. The van der Waals surface area contributed by atoms with E-state index in [2.05, 4.69) is 25.3 Å². The van der Waals surface area contributed by atoms with Gasteiger partial charge in [-0.1, -0.05) is 48.2 Å². The summed E-state index contributed by atoms with van der Waals surface area (Å²) in [6, 6.07) is 17.2. The third kappa shape index (κ3) is 7.61. The SMILES string of the molecule is COCc1ccc(C)cc1N1C(=O)CS/C1=N\C(=O)NOCc1ccc(-c2ncn(-c3ccc(OC(F)(F)F)cc3)n2)cc1. The minimum Gasteiger partial charge on any atom is -0.406 e. The lowest BCUT2D eigenvalue weighted by Crippen LogP contribution is -2.32. The van der Waals surface area contributed by atoms with Crippen LogP contribution in [0.4, 0.5) is 23.7 Å². The fraction of sp³-hybridized carbons (Fsp3) is 0.207. The molecule has 0 saturated carbocycles. The molecule has 5 rings (SSSR count). The lowest BCUT2D eigenvalue weighted by Gasteiger charge is -2.20. The van der Waals surface area contributed by atoms with Crippen LogP contribution in [0.2, 0.25) is 0 Å². The van der Waals surface area contributed by atoms with Crippen LogP contribution in [0.5, 0.6) is 5.75 Å². The fourth-order valence-electron chi connectivity index (χ4n) is 4.20. The Morgan fingerprint density at radius 2 is 1.82 bits per heavy atom. The number of methoxy groups -OCH3 is 1. The van der Waals surface area contributed by atoms with Crippen LogP contribution < -0.4 is 15.1 Å². The van der Waals surface area contributed by atoms with Crippen molar-refractivity contribution in [2.45, 2.75) is 26.5 Å². The van der Waals surface area contributed by atoms with E-state index in [1.807, 2.05) is 25.1 Å². The van der Waals surface area contributed by atoms with Crippen LogP contribution in [0.3, 0.4) is 0 Å². The number of nitrogens with zero attached hydrogens (tertiary/aromatic N) is 5. The number of carbonyl (C=O) groups is 2. The van der Waals surface area contributed by atoms with Crippen molar-refractivity contribution in [3.63, 3.8) is 0 Å². The summed E-state index contributed by atoms with van der Waals surface area (Å²) in [5.74, 6) is 0.0120. The number of nitrogens with one attached hydrogen (secondary N) is 1. The summed E-state index contributed by atoms with van der Waals surface area (Å²) >= 11 is 1.16. The Labute approximate surface area is 253 Å². The van der Waals surface area contributed by atoms with Gasteiger partial charge in [-0.3, -0.25) is 14.5 Å². The van der Waals surface area contributed by atoms with Crippen LogP contribution in [0.25, 0.3) is 17.1 Å². The number of hydrogen-bond donors (Lipinski definition) is 1. The van der Waals surface area contributed by atoms with E-state index in [4.69, 9.17) is 9.57 Å². The number of hydroxylamine groups is 1. The Morgan fingerprint density at radius 3 is 2.52 bits per heavy atom. The summed E-state index contributed by atoms with van der Waals surface area (Å²) in [5.41, 5.74) is 6.55. The number of aryl methyl sites for hydroxylation is 1. The Hall–Kier alpha value is -4.73. The van der Waals surface area contributed by atoms with Crippen molar-refractivity contribution in [2.24, 2.45) is 4.99 Å². The van der Waals surface area contributed by atoms with Gasteiger partial charge in [0.05, 0.1) is 30.3 Å². The summed E-state index contributed by atoms with van der Waals surface area (Å²) in [5, 5.41) is 4.61. The number of urea groups is 1. The van der Waals surface area contributed by atoms with Gasteiger partial charge in [-0.15, -0.1) is 18.3 Å². The number of aliphatic imine (C=N–C) groups is 1. The molecule has 1 aliphatic rings. The number of benzene rings is 3. The molecule has 1 N–H and O–H groups in total. The molecule has 1 aromatic heterocycles. The normalized spacial score (nSPS) is 14.3. The first-order valence-electron chi connectivity index (χ1n) is 13.0. The number of ether oxygens (including phenoxy) is 2. The zero-order valence-electron chi connectivity index (χ0n) is 23.4. The molecule has 3 aromatic carbocycles. The van der Waals surface area contributed by atoms with E-state index in [0.29, 0.717) is 29.4 Å². The second-order valence-corrected chi connectivity index (χ2v) is 10.4. The van der Waals surface area contributed by atoms with Gasteiger partial charge in [0.1, 0.15) is 12.1 Å². The molecule has 1 aliphatic heterocycles. The standard InChI is InChI=1S/C29H25F3N6O5S/c1-18-3-6-21(15-41-2)24(13-18)38-25(39)16-44-28(38)34-27(40)36-42-14-19-4-7-20(8-5-19)26-33-17-37(35-26)22-9-11-23(12-10-22)43-29(30,31)32/h3-13,17H,14-16H2,1-2H3,(H,36,40)/b34-28-. The van der Waals surface area contributed by atoms with Crippen molar-refractivity contribution in [1.29, 1.82) is 0 Å². The maximum atomic E-state index is 12.7. The largest absolute Gasteiger partial charge is 0.573 e. The van der Waals surface area contributed by atoms with Gasteiger partial charge in [-0.05, 0) is 48.4 Å². The number of amidine groups is 1. The molecule has 11 nitrogen and oxygen atoms in total. The molecule has 228 valence electrons. The Morgan fingerprint density at radius 1 is 1.07 bits per heavy atom.